The van der Waals surface area contributed by atoms with Gasteiger partial charge in [0.05, 0.1) is 0 Å². The van der Waals surface area contributed by atoms with Gasteiger partial charge in [0.2, 0.25) is 6.10 Å². The van der Waals surface area contributed by atoms with Gasteiger partial charge in [-0.15, -0.1) is 0 Å². The van der Waals surface area contributed by atoms with E-state index in [0.717, 1.165) is 0 Å². The van der Waals surface area contributed by atoms with Gasteiger partial charge in [0.25, 0.3) is 0 Å². The standard InChI is InChI=1S/C14H11FO3/c15-11-6-8-12(9-7-11)18-13(14(16)17)10-4-2-1-3-5-10/h1-9,13H,(H,16,17)/t13-/m0/s1. The first-order valence-corrected chi connectivity index (χ1v) is 5.37. The fourth-order valence-electron chi connectivity index (χ4n) is 1.54. The maximum Gasteiger partial charge on any atom is 0.349 e. The lowest BCUT2D eigenvalue weighted by molar-refractivity contribution is -0.145. The van der Waals surface area contributed by atoms with Crippen LogP contribution >= 0.6 is 0 Å². The second kappa shape index (κ2) is 5.31. The Morgan fingerprint density at radius 1 is 1.06 bits per heavy atom. The minimum atomic E-state index is -1.10. The highest BCUT2D eigenvalue weighted by molar-refractivity contribution is 5.74. The van der Waals surface area contributed by atoms with E-state index in [4.69, 9.17) is 9.84 Å². The topological polar surface area (TPSA) is 46.5 Å². The molecule has 92 valence electrons. The third-order valence-electron chi connectivity index (χ3n) is 2.39. The highest BCUT2D eigenvalue weighted by Crippen LogP contribution is 2.22. The first-order chi connectivity index (χ1) is 8.66. The molecule has 0 bridgehead atoms. The first-order valence-electron chi connectivity index (χ1n) is 5.37. The van der Waals surface area contributed by atoms with Crippen molar-refractivity contribution in [2.24, 2.45) is 0 Å². The molecule has 0 fully saturated rings. The van der Waals surface area contributed by atoms with E-state index in [1.54, 1.807) is 30.3 Å². The van der Waals surface area contributed by atoms with Crippen molar-refractivity contribution in [2.45, 2.75) is 6.10 Å². The van der Waals surface area contributed by atoms with Crippen LogP contribution < -0.4 is 4.74 Å². The molecule has 2 aromatic rings. The third-order valence-corrected chi connectivity index (χ3v) is 2.39. The number of benzene rings is 2. The van der Waals surface area contributed by atoms with E-state index in [0.29, 0.717) is 11.3 Å². The zero-order valence-corrected chi connectivity index (χ0v) is 9.42. The molecule has 18 heavy (non-hydrogen) atoms. The summed E-state index contributed by atoms with van der Waals surface area (Å²) in [6.07, 6.45) is -1.10. The maximum absolute atomic E-state index is 12.7. The zero-order chi connectivity index (χ0) is 13.0. The molecule has 0 radical (unpaired) electrons. The van der Waals surface area contributed by atoms with E-state index in [-0.39, 0.29) is 0 Å². The summed E-state index contributed by atoms with van der Waals surface area (Å²) >= 11 is 0. The van der Waals surface area contributed by atoms with Crippen molar-refractivity contribution in [3.05, 3.63) is 66.0 Å². The van der Waals surface area contributed by atoms with Crippen molar-refractivity contribution < 1.29 is 19.0 Å². The summed E-state index contributed by atoms with van der Waals surface area (Å²) in [6, 6.07) is 13.8. The predicted molar refractivity (Wildman–Crippen MR) is 63.8 cm³/mol. The fraction of sp³-hybridized carbons (Fsp3) is 0.0714. The Hall–Kier alpha value is -2.36. The molecule has 0 aliphatic heterocycles. The predicted octanol–water partition coefficient (Wildman–Crippen LogP) is 3.03. The number of carbonyl (C=O) groups is 1. The summed E-state index contributed by atoms with van der Waals surface area (Å²) in [5.41, 5.74) is 0.536. The monoisotopic (exact) mass is 246 g/mol. The van der Waals surface area contributed by atoms with Gasteiger partial charge in [-0.25, -0.2) is 9.18 Å². The summed E-state index contributed by atoms with van der Waals surface area (Å²) in [4.78, 5) is 11.2. The molecule has 0 saturated heterocycles. The molecule has 1 N–H and O–H groups in total. The number of halogens is 1. The quantitative estimate of drug-likeness (QED) is 0.901. The fourth-order valence-corrected chi connectivity index (χ4v) is 1.54. The van der Waals surface area contributed by atoms with Gasteiger partial charge >= 0.3 is 5.97 Å². The number of aliphatic carboxylic acids is 1. The van der Waals surface area contributed by atoms with E-state index in [1.807, 2.05) is 0 Å². The first kappa shape index (κ1) is 12.1. The van der Waals surface area contributed by atoms with Crippen LogP contribution in [0.15, 0.2) is 54.6 Å². The molecule has 3 nitrogen and oxygen atoms in total. The van der Waals surface area contributed by atoms with Crippen LogP contribution in [0.25, 0.3) is 0 Å². The SMILES string of the molecule is O=C(O)[C@@H](Oc1ccc(F)cc1)c1ccccc1. The maximum atomic E-state index is 12.7. The average Bonchev–Trinajstić information content (AvgIpc) is 2.38. The Morgan fingerprint density at radius 2 is 1.67 bits per heavy atom. The van der Waals surface area contributed by atoms with Crippen LogP contribution in [-0.2, 0) is 4.79 Å². The number of hydrogen-bond donors (Lipinski definition) is 1. The number of carboxylic acids is 1. The normalized spacial score (nSPS) is 11.8. The van der Waals surface area contributed by atoms with Gasteiger partial charge in [-0.2, -0.15) is 0 Å². The summed E-state index contributed by atoms with van der Waals surface area (Å²) in [7, 11) is 0. The van der Waals surface area contributed by atoms with Gasteiger partial charge in [0, 0.05) is 5.56 Å². The second-order valence-electron chi connectivity index (χ2n) is 3.70. The highest BCUT2D eigenvalue weighted by atomic mass is 19.1. The van der Waals surface area contributed by atoms with Gasteiger partial charge in [-0.3, -0.25) is 0 Å². The molecule has 0 aliphatic carbocycles. The molecule has 2 rings (SSSR count). The van der Waals surface area contributed by atoms with Gasteiger partial charge in [-0.05, 0) is 24.3 Å². The molecule has 0 heterocycles. The summed E-state index contributed by atoms with van der Waals surface area (Å²) in [5.74, 6) is -1.17. The molecule has 0 spiro atoms. The lowest BCUT2D eigenvalue weighted by Crippen LogP contribution is -2.18. The molecule has 0 unspecified atom stereocenters. The van der Waals surface area contributed by atoms with Gasteiger partial charge < -0.3 is 9.84 Å². The second-order valence-corrected chi connectivity index (χ2v) is 3.70. The summed E-state index contributed by atoms with van der Waals surface area (Å²) < 4.78 is 18.1. The Bertz CT molecular complexity index is 522. The summed E-state index contributed by atoms with van der Waals surface area (Å²) in [5, 5.41) is 9.14. The molecule has 0 aromatic heterocycles. The van der Waals surface area contributed by atoms with E-state index in [2.05, 4.69) is 0 Å². The van der Waals surface area contributed by atoms with Crippen LogP contribution in [0.3, 0.4) is 0 Å². The Kier molecular flexibility index (Phi) is 3.57. The van der Waals surface area contributed by atoms with Crippen molar-refractivity contribution >= 4 is 5.97 Å². The van der Waals surface area contributed by atoms with Gasteiger partial charge in [0.1, 0.15) is 11.6 Å². The van der Waals surface area contributed by atoms with E-state index in [1.165, 1.54) is 24.3 Å². The van der Waals surface area contributed by atoms with Crippen molar-refractivity contribution in [1.29, 1.82) is 0 Å². The molecular formula is C14H11FO3. The van der Waals surface area contributed by atoms with Crippen LogP contribution in [-0.4, -0.2) is 11.1 Å². The van der Waals surface area contributed by atoms with Crippen LogP contribution in [0, 0.1) is 5.82 Å². The van der Waals surface area contributed by atoms with Crippen molar-refractivity contribution in [3.8, 4) is 5.75 Å². The van der Waals surface area contributed by atoms with Crippen molar-refractivity contribution in [2.75, 3.05) is 0 Å². The number of ether oxygens (including phenoxy) is 1. The number of hydrogen-bond acceptors (Lipinski definition) is 2. The minimum absolute atomic E-state index is 0.313. The average molecular weight is 246 g/mol. The van der Waals surface area contributed by atoms with E-state index >= 15 is 0 Å². The molecule has 2 aromatic carbocycles. The molecule has 4 heteroatoms. The zero-order valence-electron chi connectivity index (χ0n) is 9.42. The van der Waals surface area contributed by atoms with E-state index < -0.39 is 17.9 Å². The lowest BCUT2D eigenvalue weighted by Gasteiger charge is -2.15. The Labute approximate surface area is 103 Å². The summed E-state index contributed by atoms with van der Waals surface area (Å²) in [6.45, 7) is 0. The molecule has 0 saturated carbocycles. The van der Waals surface area contributed by atoms with E-state index in [9.17, 15) is 9.18 Å². The van der Waals surface area contributed by atoms with Crippen LogP contribution in [0.5, 0.6) is 5.75 Å². The molecule has 0 amide bonds. The molecule has 1 atom stereocenters. The minimum Gasteiger partial charge on any atom is -0.478 e. The Morgan fingerprint density at radius 3 is 2.22 bits per heavy atom. The number of rotatable bonds is 4. The molecule has 0 aliphatic rings. The third kappa shape index (κ3) is 2.85. The largest absolute Gasteiger partial charge is 0.478 e. The van der Waals surface area contributed by atoms with Crippen LogP contribution in [0.4, 0.5) is 4.39 Å². The van der Waals surface area contributed by atoms with Crippen molar-refractivity contribution in [1.82, 2.24) is 0 Å². The van der Waals surface area contributed by atoms with Crippen molar-refractivity contribution in [3.63, 3.8) is 0 Å². The smallest absolute Gasteiger partial charge is 0.349 e. The van der Waals surface area contributed by atoms with Crippen LogP contribution in [0.1, 0.15) is 11.7 Å². The Balaban J connectivity index is 2.22. The van der Waals surface area contributed by atoms with Gasteiger partial charge in [-0.1, -0.05) is 30.3 Å². The molecular weight excluding hydrogens is 235 g/mol. The van der Waals surface area contributed by atoms with Gasteiger partial charge in [0.15, 0.2) is 0 Å². The number of carboxylic acid groups (broad SMARTS) is 1. The highest BCUT2D eigenvalue weighted by Gasteiger charge is 2.21. The van der Waals surface area contributed by atoms with Crippen LogP contribution in [0.2, 0.25) is 0 Å². The lowest BCUT2D eigenvalue weighted by atomic mass is 10.1.